The number of rotatable bonds is 10. The Kier molecular flexibility index (Phi) is 8.21. The Hall–Kier alpha value is -3.58. The fourth-order valence-corrected chi connectivity index (χ4v) is 4.70. The first kappa shape index (κ1) is 24.5. The second-order valence-corrected chi connectivity index (χ2v) is 9.24. The van der Waals surface area contributed by atoms with E-state index < -0.39 is 0 Å². The predicted octanol–water partition coefficient (Wildman–Crippen LogP) is 5.48. The van der Waals surface area contributed by atoms with Crippen molar-refractivity contribution in [3.05, 3.63) is 89.5 Å². The number of imidazole rings is 1. The zero-order chi connectivity index (χ0) is 24.6. The lowest BCUT2D eigenvalue weighted by Gasteiger charge is -2.20. The van der Waals surface area contributed by atoms with E-state index in [0.29, 0.717) is 6.54 Å². The van der Waals surface area contributed by atoms with Crippen LogP contribution in [0.3, 0.4) is 0 Å². The van der Waals surface area contributed by atoms with Gasteiger partial charge in [0.1, 0.15) is 0 Å². The average Bonchev–Trinajstić information content (AvgIpc) is 3.23. The monoisotopic (exact) mass is 485 g/mol. The van der Waals surface area contributed by atoms with Gasteiger partial charge in [-0.2, -0.15) is 5.10 Å². The summed E-state index contributed by atoms with van der Waals surface area (Å²) in [5, 5.41) is 4.95. The molecule has 7 heteroatoms. The van der Waals surface area contributed by atoms with Crippen LogP contribution < -0.4 is 10.3 Å². The smallest absolute Gasteiger partial charge is 0.250 e. The summed E-state index contributed by atoms with van der Waals surface area (Å²) in [4.78, 5) is 19.5. The number of hydrogen-bond donors (Lipinski definition) is 1. The third kappa shape index (κ3) is 6.31. The first-order valence-electron chi connectivity index (χ1n) is 11.9. The highest BCUT2D eigenvalue weighted by Gasteiger charge is 2.13. The molecule has 0 bridgehead atoms. The molecule has 4 aromatic rings. The van der Waals surface area contributed by atoms with Crippen molar-refractivity contribution in [2.75, 3.05) is 23.7 Å². The Morgan fingerprint density at radius 1 is 1.03 bits per heavy atom. The van der Waals surface area contributed by atoms with Crippen molar-refractivity contribution in [1.29, 1.82) is 0 Å². The number of carbonyl (C=O) groups is 1. The molecular formula is C28H31N5OS. The van der Waals surface area contributed by atoms with Crippen LogP contribution in [0.5, 0.6) is 0 Å². The van der Waals surface area contributed by atoms with Gasteiger partial charge in [0.05, 0.1) is 29.5 Å². The number of benzene rings is 3. The summed E-state index contributed by atoms with van der Waals surface area (Å²) in [6.45, 7) is 9.01. The average molecular weight is 486 g/mol. The van der Waals surface area contributed by atoms with Crippen LogP contribution in [0.2, 0.25) is 0 Å². The molecule has 0 aliphatic carbocycles. The Morgan fingerprint density at radius 2 is 1.74 bits per heavy atom. The highest BCUT2D eigenvalue weighted by Crippen LogP contribution is 2.25. The van der Waals surface area contributed by atoms with Crippen molar-refractivity contribution in [2.24, 2.45) is 5.10 Å². The van der Waals surface area contributed by atoms with Crippen LogP contribution in [-0.4, -0.2) is 40.5 Å². The summed E-state index contributed by atoms with van der Waals surface area (Å²) in [5.41, 5.74) is 9.16. The van der Waals surface area contributed by atoms with Crippen LogP contribution in [0, 0.1) is 6.92 Å². The number of aromatic nitrogens is 2. The molecule has 0 unspecified atom stereocenters. The van der Waals surface area contributed by atoms with Crippen molar-refractivity contribution in [1.82, 2.24) is 15.0 Å². The van der Waals surface area contributed by atoms with E-state index in [9.17, 15) is 4.79 Å². The number of nitrogens with zero attached hydrogens (tertiary/aromatic N) is 4. The van der Waals surface area contributed by atoms with E-state index in [1.165, 1.54) is 28.6 Å². The third-order valence-corrected chi connectivity index (χ3v) is 6.81. The molecular weight excluding hydrogens is 454 g/mol. The first-order valence-corrected chi connectivity index (χ1v) is 12.9. The van der Waals surface area contributed by atoms with Gasteiger partial charge in [0, 0.05) is 18.8 Å². The normalized spacial score (nSPS) is 11.3. The van der Waals surface area contributed by atoms with Gasteiger partial charge in [0.15, 0.2) is 5.16 Å². The number of carbonyl (C=O) groups excluding carboxylic acids is 1. The second kappa shape index (κ2) is 11.7. The van der Waals surface area contributed by atoms with Gasteiger partial charge in [-0.25, -0.2) is 10.4 Å². The number of amides is 1. The van der Waals surface area contributed by atoms with E-state index in [0.717, 1.165) is 34.8 Å². The van der Waals surface area contributed by atoms with Gasteiger partial charge >= 0.3 is 0 Å². The molecule has 1 N–H and O–H groups in total. The fraction of sp³-hybridized carbons (Fsp3) is 0.250. The second-order valence-electron chi connectivity index (χ2n) is 8.30. The summed E-state index contributed by atoms with van der Waals surface area (Å²) < 4.78 is 2.17. The Balaban J connectivity index is 1.38. The number of hydrazone groups is 1. The van der Waals surface area contributed by atoms with Crippen LogP contribution >= 0.6 is 11.8 Å². The molecule has 0 radical (unpaired) electrons. The number of para-hydroxylation sites is 2. The molecule has 35 heavy (non-hydrogen) atoms. The largest absolute Gasteiger partial charge is 0.372 e. The molecule has 1 aromatic heterocycles. The Labute approximate surface area is 211 Å². The molecule has 1 amide bonds. The standard InChI is InChI=1S/C28H31N5OS/c1-4-32(5-2)24-16-14-22(15-17-24)18-29-31-27(34)20-35-28-30-25-8-6-7-9-26(25)33(28)19-23-12-10-21(3)11-13-23/h6-18H,4-5,19-20H2,1-3H3,(H,31,34)/b29-18-. The van der Waals surface area contributed by atoms with Gasteiger partial charge in [-0.1, -0.05) is 65.9 Å². The van der Waals surface area contributed by atoms with Crippen molar-refractivity contribution in [3.63, 3.8) is 0 Å². The number of anilines is 1. The fourth-order valence-electron chi connectivity index (χ4n) is 3.89. The number of fused-ring (bicyclic) bond motifs is 1. The predicted molar refractivity (Wildman–Crippen MR) is 146 cm³/mol. The maximum Gasteiger partial charge on any atom is 0.250 e. The molecule has 0 saturated carbocycles. The summed E-state index contributed by atoms with van der Waals surface area (Å²) in [7, 11) is 0. The SMILES string of the molecule is CCN(CC)c1ccc(/C=N\NC(=O)CSc2nc3ccccc3n2Cc2ccc(C)cc2)cc1. The molecule has 6 nitrogen and oxygen atoms in total. The maximum absolute atomic E-state index is 12.5. The van der Waals surface area contributed by atoms with Crippen molar-refractivity contribution >= 4 is 40.6 Å². The molecule has 0 aliphatic heterocycles. The van der Waals surface area contributed by atoms with Crippen molar-refractivity contribution in [3.8, 4) is 0 Å². The molecule has 180 valence electrons. The Bertz CT molecular complexity index is 1290. The van der Waals surface area contributed by atoms with E-state index in [-0.39, 0.29) is 11.7 Å². The topological polar surface area (TPSA) is 62.5 Å². The van der Waals surface area contributed by atoms with Crippen LogP contribution in [-0.2, 0) is 11.3 Å². The molecule has 4 rings (SSSR count). The van der Waals surface area contributed by atoms with Crippen molar-refractivity contribution < 1.29 is 4.79 Å². The van der Waals surface area contributed by atoms with Crippen LogP contribution in [0.25, 0.3) is 11.0 Å². The van der Waals surface area contributed by atoms with Crippen LogP contribution in [0.1, 0.15) is 30.5 Å². The Morgan fingerprint density at radius 3 is 2.46 bits per heavy atom. The van der Waals surface area contributed by atoms with Gasteiger partial charge in [0.2, 0.25) is 0 Å². The van der Waals surface area contributed by atoms with E-state index in [1.807, 2.05) is 30.3 Å². The third-order valence-electron chi connectivity index (χ3n) is 5.84. The van der Waals surface area contributed by atoms with Gasteiger partial charge in [-0.3, -0.25) is 4.79 Å². The minimum atomic E-state index is -0.167. The number of nitrogens with one attached hydrogen (secondary N) is 1. The maximum atomic E-state index is 12.5. The summed E-state index contributed by atoms with van der Waals surface area (Å²) >= 11 is 1.42. The van der Waals surface area contributed by atoms with Crippen LogP contribution in [0.4, 0.5) is 5.69 Å². The van der Waals surface area contributed by atoms with Gasteiger partial charge < -0.3 is 9.47 Å². The highest BCUT2D eigenvalue weighted by atomic mass is 32.2. The molecule has 0 atom stereocenters. The zero-order valence-corrected chi connectivity index (χ0v) is 21.3. The minimum Gasteiger partial charge on any atom is -0.372 e. The lowest BCUT2D eigenvalue weighted by molar-refractivity contribution is -0.118. The number of aryl methyl sites for hydroxylation is 1. The molecule has 1 heterocycles. The van der Waals surface area contributed by atoms with Gasteiger partial charge in [-0.05, 0) is 56.2 Å². The number of hydrogen-bond acceptors (Lipinski definition) is 5. The molecule has 0 saturated heterocycles. The molecule has 0 aliphatic rings. The number of thioether (sulfide) groups is 1. The van der Waals surface area contributed by atoms with Crippen LogP contribution in [0.15, 0.2) is 83.1 Å². The lowest BCUT2D eigenvalue weighted by Crippen LogP contribution is -2.21. The quantitative estimate of drug-likeness (QED) is 0.184. The van der Waals surface area contributed by atoms with E-state index in [4.69, 9.17) is 4.98 Å². The highest BCUT2D eigenvalue weighted by molar-refractivity contribution is 7.99. The minimum absolute atomic E-state index is 0.167. The van der Waals surface area contributed by atoms with Gasteiger partial charge in [-0.15, -0.1) is 0 Å². The summed E-state index contributed by atoms with van der Waals surface area (Å²) in [5.74, 6) is 0.0649. The molecule has 0 fully saturated rings. The molecule has 0 spiro atoms. The van der Waals surface area contributed by atoms with E-state index >= 15 is 0 Å². The van der Waals surface area contributed by atoms with E-state index in [2.05, 4.69) is 83.2 Å². The van der Waals surface area contributed by atoms with E-state index in [1.54, 1.807) is 6.21 Å². The van der Waals surface area contributed by atoms with Gasteiger partial charge in [0.25, 0.3) is 5.91 Å². The van der Waals surface area contributed by atoms with Crippen molar-refractivity contribution in [2.45, 2.75) is 32.5 Å². The lowest BCUT2D eigenvalue weighted by atomic mass is 10.1. The summed E-state index contributed by atoms with van der Waals surface area (Å²) in [6, 6.07) is 24.7. The summed E-state index contributed by atoms with van der Waals surface area (Å²) in [6.07, 6.45) is 1.67. The molecule has 3 aromatic carbocycles. The first-order chi connectivity index (χ1) is 17.1. The zero-order valence-electron chi connectivity index (χ0n) is 20.4.